The van der Waals surface area contributed by atoms with Crippen LogP contribution in [-0.2, 0) is 9.47 Å². The number of hydrogen-bond acceptors (Lipinski definition) is 3. The molecule has 1 rings (SSSR count). The van der Waals surface area contributed by atoms with Crippen molar-refractivity contribution < 1.29 is 14.3 Å². The lowest BCUT2D eigenvalue weighted by atomic mass is 9.85. The van der Waals surface area contributed by atoms with E-state index in [-0.39, 0.29) is 17.6 Å². The zero-order valence-corrected chi connectivity index (χ0v) is 13.9. The van der Waals surface area contributed by atoms with Crippen LogP contribution < -0.4 is 0 Å². The smallest absolute Gasteiger partial charge is 0.412 e. The van der Waals surface area contributed by atoms with E-state index in [0.29, 0.717) is 6.61 Å². The standard InChI is InChI=1S/C16H29NO3/c1-9-15(5,6)10-12-11-19-16(7,8)17(12)13(18)20-14(2,3)4/h9,12H,1,10-11H2,2-8H3/t12-/m0/s1. The van der Waals surface area contributed by atoms with Crippen LogP contribution in [0.3, 0.4) is 0 Å². The summed E-state index contributed by atoms with van der Waals surface area (Å²) < 4.78 is 11.3. The maximum Gasteiger partial charge on any atom is 0.412 e. The molecule has 0 aromatic heterocycles. The van der Waals surface area contributed by atoms with E-state index >= 15 is 0 Å². The minimum atomic E-state index is -0.635. The molecule has 0 aromatic carbocycles. The number of rotatable bonds is 3. The van der Waals surface area contributed by atoms with E-state index in [9.17, 15) is 4.79 Å². The maximum atomic E-state index is 12.5. The average Bonchev–Trinajstić information content (AvgIpc) is 2.50. The summed E-state index contributed by atoms with van der Waals surface area (Å²) in [4.78, 5) is 14.2. The van der Waals surface area contributed by atoms with Crippen LogP contribution >= 0.6 is 0 Å². The van der Waals surface area contributed by atoms with Crippen LogP contribution in [0, 0.1) is 5.41 Å². The summed E-state index contributed by atoms with van der Waals surface area (Å²) in [5, 5.41) is 0. The largest absolute Gasteiger partial charge is 0.444 e. The molecule has 1 aliphatic heterocycles. The number of carbonyl (C=O) groups is 1. The zero-order valence-electron chi connectivity index (χ0n) is 13.9. The second kappa shape index (κ2) is 5.40. The van der Waals surface area contributed by atoms with Gasteiger partial charge in [-0.2, -0.15) is 0 Å². The summed E-state index contributed by atoms with van der Waals surface area (Å²) in [6, 6.07) is 0.00727. The number of hydrogen-bond donors (Lipinski definition) is 0. The summed E-state index contributed by atoms with van der Waals surface area (Å²) in [6.07, 6.45) is 2.41. The Morgan fingerprint density at radius 1 is 1.40 bits per heavy atom. The molecular weight excluding hydrogens is 254 g/mol. The van der Waals surface area contributed by atoms with Crippen molar-refractivity contribution in [1.29, 1.82) is 0 Å². The molecule has 0 radical (unpaired) electrons. The van der Waals surface area contributed by atoms with E-state index in [1.54, 1.807) is 4.90 Å². The summed E-state index contributed by atoms with van der Waals surface area (Å²) in [7, 11) is 0. The fourth-order valence-corrected chi connectivity index (χ4v) is 2.40. The minimum Gasteiger partial charge on any atom is -0.444 e. The highest BCUT2D eigenvalue weighted by Gasteiger charge is 2.46. The third-order valence-corrected chi connectivity index (χ3v) is 3.48. The van der Waals surface area contributed by atoms with Gasteiger partial charge in [0.25, 0.3) is 0 Å². The van der Waals surface area contributed by atoms with E-state index in [1.807, 2.05) is 40.7 Å². The number of nitrogens with zero attached hydrogens (tertiary/aromatic N) is 1. The van der Waals surface area contributed by atoms with Gasteiger partial charge in [-0.25, -0.2) is 4.79 Å². The van der Waals surface area contributed by atoms with Gasteiger partial charge in [-0.3, -0.25) is 4.90 Å². The normalized spacial score (nSPS) is 22.8. The molecule has 1 fully saturated rings. The van der Waals surface area contributed by atoms with Crippen molar-refractivity contribution in [3.05, 3.63) is 12.7 Å². The minimum absolute atomic E-state index is 0.00727. The van der Waals surface area contributed by atoms with Crippen molar-refractivity contribution in [2.24, 2.45) is 5.41 Å². The Bertz CT molecular complexity index is 380. The van der Waals surface area contributed by atoms with Gasteiger partial charge < -0.3 is 9.47 Å². The van der Waals surface area contributed by atoms with Crippen molar-refractivity contribution >= 4 is 6.09 Å². The number of amides is 1. The Hall–Kier alpha value is -1.03. The van der Waals surface area contributed by atoms with Gasteiger partial charge in [0.05, 0.1) is 12.6 Å². The fraction of sp³-hybridized carbons (Fsp3) is 0.812. The van der Waals surface area contributed by atoms with Crippen LogP contribution in [0.15, 0.2) is 12.7 Å². The topological polar surface area (TPSA) is 38.8 Å². The first-order chi connectivity index (χ1) is 8.88. The first-order valence-corrected chi connectivity index (χ1v) is 7.18. The number of ether oxygens (including phenoxy) is 2. The third kappa shape index (κ3) is 4.23. The van der Waals surface area contributed by atoms with Gasteiger partial charge >= 0.3 is 6.09 Å². The molecule has 4 heteroatoms. The van der Waals surface area contributed by atoms with Gasteiger partial charge in [0, 0.05) is 0 Å². The predicted molar refractivity (Wildman–Crippen MR) is 80.5 cm³/mol. The Labute approximate surface area is 123 Å². The van der Waals surface area contributed by atoms with E-state index in [1.165, 1.54) is 0 Å². The Kier molecular flexibility index (Phi) is 4.59. The predicted octanol–water partition coefficient (Wildman–Crippen LogP) is 3.96. The Morgan fingerprint density at radius 3 is 2.40 bits per heavy atom. The van der Waals surface area contributed by atoms with Crippen LogP contribution in [0.1, 0.15) is 54.9 Å². The zero-order chi connectivity index (χ0) is 15.8. The van der Waals surface area contributed by atoms with Crippen molar-refractivity contribution in [2.75, 3.05) is 6.61 Å². The number of carbonyl (C=O) groups excluding carboxylic acids is 1. The van der Waals surface area contributed by atoms with Crippen molar-refractivity contribution in [3.63, 3.8) is 0 Å². The van der Waals surface area contributed by atoms with Crippen LogP contribution in [-0.4, -0.2) is 35.0 Å². The highest BCUT2D eigenvalue weighted by atomic mass is 16.6. The molecule has 1 amide bonds. The lowest BCUT2D eigenvalue weighted by Gasteiger charge is -2.37. The summed E-state index contributed by atoms with van der Waals surface area (Å²) in [6.45, 7) is 18.0. The van der Waals surface area contributed by atoms with Crippen molar-refractivity contribution in [1.82, 2.24) is 4.90 Å². The lowest BCUT2D eigenvalue weighted by Crippen LogP contribution is -2.50. The van der Waals surface area contributed by atoms with Crippen LogP contribution in [0.2, 0.25) is 0 Å². The monoisotopic (exact) mass is 283 g/mol. The molecule has 1 aliphatic rings. The first-order valence-electron chi connectivity index (χ1n) is 7.18. The fourth-order valence-electron chi connectivity index (χ4n) is 2.40. The molecule has 0 saturated carbocycles. The average molecular weight is 283 g/mol. The van der Waals surface area contributed by atoms with Crippen molar-refractivity contribution in [3.8, 4) is 0 Å². The van der Waals surface area contributed by atoms with Gasteiger partial charge in [0.1, 0.15) is 11.3 Å². The molecule has 0 N–H and O–H groups in total. The summed E-state index contributed by atoms with van der Waals surface area (Å²) in [5.41, 5.74) is -1.19. The molecule has 0 spiro atoms. The molecule has 0 aliphatic carbocycles. The molecule has 0 unspecified atom stereocenters. The molecule has 0 aromatic rings. The van der Waals surface area contributed by atoms with Crippen LogP contribution in [0.4, 0.5) is 4.79 Å². The molecule has 1 heterocycles. The highest BCUT2D eigenvalue weighted by Crippen LogP contribution is 2.35. The van der Waals surface area contributed by atoms with Crippen LogP contribution in [0.25, 0.3) is 0 Å². The molecule has 20 heavy (non-hydrogen) atoms. The SMILES string of the molecule is C=CC(C)(C)C[C@H]1COC(C)(C)N1C(=O)OC(C)(C)C. The van der Waals surface area contributed by atoms with Gasteiger partial charge in [0.2, 0.25) is 0 Å². The second-order valence-electron chi connectivity index (χ2n) is 7.66. The molecule has 116 valence electrons. The molecular formula is C16H29NO3. The van der Waals surface area contributed by atoms with E-state index < -0.39 is 11.3 Å². The number of allylic oxidation sites excluding steroid dienone is 1. The first kappa shape index (κ1) is 17.0. The Morgan fingerprint density at radius 2 is 1.95 bits per heavy atom. The highest BCUT2D eigenvalue weighted by molar-refractivity contribution is 5.69. The van der Waals surface area contributed by atoms with Crippen molar-refractivity contribution in [2.45, 2.75) is 72.3 Å². The van der Waals surface area contributed by atoms with Crippen LogP contribution in [0.5, 0.6) is 0 Å². The summed E-state index contributed by atoms with van der Waals surface area (Å²) in [5.74, 6) is 0. The summed E-state index contributed by atoms with van der Waals surface area (Å²) >= 11 is 0. The van der Waals surface area contributed by atoms with E-state index in [2.05, 4.69) is 20.4 Å². The van der Waals surface area contributed by atoms with E-state index in [4.69, 9.17) is 9.47 Å². The van der Waals surface area contributed by atoms with Gasteiger partial charge in [0.15, 0.2) is 0 Å². The molecule has 4 nitrogen and oxygen atoms in total. The third-order valence-electron chi connectivity index (χ3n) is 3.48. The lowest BCUT2D eigenvalue weighted by molar-refractivity contribution is -0.0633. The molecule has 0 bridgehead atoms. The van der Waals surface area contributed by atoms with Gasteiger partial charge in [-0.05, 0) is 46.5 Å². The molecule has 1 atom stereocenters. The molecule has 1 saturated heterocycles. The maximum absolute atomic E-state index is 12.5. The van der Waals surface area contributed by atoms with Gasteiger partial charge in [-0.15, -0.1) is 6.58 Å². The van der Waals surface area contributed by atoms with E-state index in [0.717, 1.165) is 6.42 Å². The Balaban J connectivity index is 2.91. The van der Waals surface area contributed by atoms with Gasteiger partial charge in [-0.1, -0.05) is 19.9 Å². The quantitative estimate of drug-likeness (QED) is 0.736. The second-order valence-corrected chi connectivity index (χ2v) is 7.66.